The smallest absolute Gasteiger partial charge is 0.462 e. The summed E-state index contributed by atoms with van der Waals surface area (Å²) >= 11 is 0. The highest BCUT2D eigenvalue weighted by atomic mass is 31.2. The number of ether oxygens (including phenoxy) is 2. The lowest BCUT2D eigenvalue weighted by atomic mass is 9.85. The molecule has 13 nitrogen and oxygen atoms in total. The van der Waals surface area contributed by atoms with Crippen LogP contribution in [0.5, 0.6) is 0 Å². The van der Waals surface area contributed by atoms with Crippen LogP contribution < -0.4 is 0 Å². The summed E-state index contributed by atoms with van der Waals surface area (Å²) in [6.07, 6.45) is 14.1. The number of hydrogen-bond acceptors (Lipinski definition) is 12. The van der Waals surface area contributed by atoms with Crippen LogP contribution in [0.4, 0.5) is 0 Å². The molecule has 6 unspecified atom stereocenters. The molecule has 1 aliphatic rings. The Balaban J connectivity index is 2.57. The van der Waals surface area contributed by atoms with Crippen LogP contribution in [0.3, 0.4) is 0 Å². The van der Waals surface area contributed by atoms with E-state index in [1.54, 1.807) is 0 Å². The van der Waals surface area contributed by atoms with Gasteiger partial charge >= 0.3 is 19.8 Å². The molecule has 0 aliphatic heterocycles. The van der Waals surface area contributed by atoms with Gasteiger partial charge in [-0.25, -0.2) is 4.57 Å². The molecule has 0 heterocycles. The zero-order valence-electron chi connectivity index (χ0n) is 30.9. The van der Waals surface area contributed by atoms with E-state index in [9.17, 15) is 44.6 Å². The number of esters is 2. The lowest BCUT2D eigenvalue weighted by molar-refractivity contribution is -0.220. The van der Waals surface area contributed by atoms with Gasteiger partial charge in [0.25, 0.3) is 0 Å². The van der Waals surface area contributed by atoms with Gasteiger partial charge in [-0.3, -0.25) is 18.6 Å². The number of aliphatic hydroxyl groups is 5. The monoisotopic (exact) mass is 750 g/mol. The largest absolute Gasteiger partial charge is 0.472 e. The minimum atomic E-state index is -5.11. The first kappa shape index (κ1) is 47.4. The van der Waals surface area contributed by atoms with Crippen LogP contribution >= 0.6 is 7.82 Å². The Labute approximate surface area is 305 Å². The van der Waals surface area contributed by atoms with Crippen molar-refractivity contribution in [2.75, 3.05) is 13.2 Å². The Hall–Kier alpha value is -1.67. The molecule has 298 valence electrons. The molecule has 0 amide bonds. The third kappa shape index (κ3) is 22.2. The first-order chi connectivity index (χ1) is 24.4. The lowest BCUT2D eigenvalue weighted by Crippen LogP contribution is -2.64. The van der Waals surface area contributed by atoms with Gasteiger partial charge in [-0.1, -0.05) is 102 Å². The van der Waals surface area contributed by atoms with Gasteiger partial charge in [-0.15, -0.1) is 0 Å². The summed E-state index contributed by atoms with van der Waals surface area (Å²) in [5, 5.41) is 49.9. The first-order valence-corrected chi connectivity index (χ1v) is 20.6. The SMILES string of the molecule is CCCC/C=C\CCCCCCCC(=O)OCC(COP(=O)(O)OC1C(O)C(O)C(O)C(O)C1O)OC(=O)CCCCCCC/C=C\CCCC. The van der Waals surface area contributed by atoms with Crippen molar-refractivity contribution < 1.29 is 63.1 Å². The van der Waals surface area contributed by atoms with Crippen molar-refractivity contribution in [2.24, 2.45) is 0 Å². The number of phosphoric acid groups is 1. The van der Waals surface area contributed by atoms with Crippen LogP contribution in [-0.4, -0.2) is 98.3 Å². The standard InChI is InChI=1S/C37H67O13P/c1-3-5-7-9-11-13-15-17-19-21-23-25-30(38)47-27-29(49-31(39)26-24-22-20-18-16-14-12-10-8-6-4-2)28-48-51(45,46)50-37-35(43)33(41)32(40)34(42)36(37)44/h9-12,29,32-37,40-44H,3-8,13-28H2,1-2H3,(H,45,46)/b11-9-,12-10-. The Kier molecular flexibility index (Phi) is 26.7. The fourth-order valence-corrected chi connectivity index (χ4v) is 6.51. The van der Waals surface area contributed by atoms with Gasteiger partial charge in [0.1, 0.15) is 43.2 Å². The summed E-state index contributed by atoms with van der Waals surface area (Å²) in [5.74, 6) is -1.13. The van der Waals surface area contributed by atoms with E-state index < -0.39 is 75.7 Å². The molecule has 6 N–H and O–H groups in total. The average molecular weight is 751 g/mol. The molecule has 1 rings (SSSR count). The third-order valence-corrected chi connectivity index (χ3v) is 9.75. The molecule has 14 heteroatoms. The summed E-state index contributed by atoms with van der Waals surface area (Å²) in [6, 6.07) is 0. The second-order valence-electron chi connectivity index (χ2n) is 13.4. The van der Waals surface area contributed by atoms with E-state index in [1.807, 2.05) is 0 Å². The van der Waals surface area contributed by atoms with Crippen molar-refractivity contribution in [1.82, 2.24) is 0 Å². The second kappa shape index (κ2) is 28.8. The molecule has 0 saturated heterocycles. The molecule has 0 radical (unpaired) electrons. The van der Waals surface area contributed by atoms with Crippen LogP contribution in [0.25, 0.3) is 0 Å². The second-order valence-corrected chi connectivity index (χ2v) is 14.8. The van der Waals surface area contributed by atoms with Crippen LogP contribution in [0.1, 0.15) is 142 Å². The predicted octanol–water partition coefficient (Wildman–Crippen LogP) is 5.72. The highest BCUT2D eigenvalue weighted by Gasteiger charge is 2.51. The number of allylic oxidation sites excluding steroid dienone is 4. The predicted molar refractivity (Wildman–Crippen MR) is 193 cm³/mol. The van der Waals surface area contributed by atoms with Crippen molar-refractivity contribution >= 4 is 19.8 Å². The van der Waals surface area contributed by atoms with Gasteiger partial charge < -0.3 is 39.9 Å². The van der Waals surface area contributed by atoms with E-state index in [2.05, 4.69) is 38.2 Å². The zero-order valence-corrected chi connectivity index (χ0v) is 31.8. The molecule has 0 aromatic rings. The first-order valence-electron chi connectivity index (χ1n) is 19.1. The topological polar surface area (TPSA) is 210 Å². The van der Waals surface area contributed by atoms with E-state index in [1.165, 1.54) is 25.7 Å². The van der Waals surface area contributed by atoms with Crippen molar-refractivity contribution in [1.29, 1.82) is 0 Å². The van der Waals surface area contributed by atoms with Crippen molar-refractivity contribution in [3.63, 3.8) is 0 Å². The summed E-state index contributed by atoms with van der Waals surface area (Å²) in [6.45, 7) is 3.16. The molecule has 1 aliphatic carbocycles. The van der Waals surface area contributed by atoms with Gasteiger partial charge in [0.2, 0.25) is 0 Å². The maximum atomic E-state index is 12.7. The molecular formula is C37H67O13P. The Morgan fingerprint density at radius 2 is 1.00 bits per heavy atom. The number of carbonyl (C=O) groups excluding carboxylic acids is 2. The molecule has 0 aromatic heterocycles. The summed E-state index contributed by atoms with van der Waals surface area (Å²) in [4.78, 5) is 35.4. The summed E-state index contributed by atoms with van der Waals surface area (Å²) in [5.41, 5.74) is 0. The van der Waals surface area contributed by atoms with Crippen molar-refractivity contribution in [3.8, 4) is 0 Å². The number of carbonyl (C=O) groups is 2. The molecule has 1 fully saturated rings. The Morgan fingerprint density at radius 1 is 0.588 bits per heavy atom. The third-order valence-electron chi connectivity index (χ3n) is 8.77. The van der Waals surface area contributed by atoms with Crippen LogP contribution in [0, 0.1) is 0 Å². The fraction of sp³-hybridized carbons (Fsp3) is 0.838. The number of hydrogen-bond donors (Lipinski definition) is 6. The molecule has 1 saturated carbocycles. The molecule has 0 aromatic carbocycles. The van der Waals surface area contributed by atoms with E-state index in [0.717, 1.165) is 77.0 Å². The van der Waals surface area contributed by atoms with E-state index in [-0.39, 0.29) is 12.8 Å². The summed E-state index contributed by atoms with van der Waals surface area (Å²) in [7, 11) is -5.11. The number of phosphoric ester groups is 1. The molecule has 6 atom stereocenters. The molecule has 51 heavy (non-hydrogen) atoms. The van der Waals surface area contributed by atoms with Gasteiger partial charge in [-0.2, -0.15) is 0 Å². The highest BCUT2D eigenvalue weighted by Crippen LogP contribution is 2.47. The maximum absolute atomic E-state index is 12.7. The highest BCUT2D eigenvalue weighted by molar-refractivity contribution is 7.47. The Morgan fingerprint density at radius 3 is 1.49 bits per heavy atom. The average Bonchev–Trinajstić information content (AvgIpc) is 3.10. The van der Waals surface area contributed by atoms with E-state index in [4.69, 9.17) is 18.5 Å². The fourth-order valence-electron chi connectivity index (χ4n) is 5.54. The number of rotatable bonds is 30. The van der Waals surface area contributed by atoms with Crippen molar-refractivity contribution in [3.05, 3.63) is 24.3 Å². The quantitative estimate of drug-likeness (QED) is 0.0225. The molecule has 0 bridgehead atoms. The molecule has 0 spiro atoms. The minimum Gasteiger partial charge on any atom is -0.462 e. The normalized spacial score (nSPS) is 24.2. The van der Waals surface area contributed by atoms with Gasteiger partial charge in [0.15, 0.2) is 6.10 Å². The summed E-state index contributed by atoms with van der Waals surface area (Å²) < 4.78 is 33.3. The maximum Gasteiger partial charge on any atom is 0.472 e. The van der Waals surface area contributed by atoms with Gasteiger partial charge in [-0.05, 0) is 51.4 Å². The lowest BCUT2D eigenvalue weighted by Gasteiger charge is -2.41. The van der Waals surface area contributed by atoms with Crippen LogP contribution in [-0.2, 0) is 32.7 Å². The van der Waals surface area contributed by atoms with Crippen molar-refractivity contribution in [2.45, 2.75) is 185 Å². The number of unbranched alkanes of at least 4 members (excludes halogenated alkanes) is 14. The zero-order chi connectivity index (χ0) is 37.9. The number of aliphatic hydroxyl groups excluding tert-OH is 5. The van der Waals surface area contributed by atoms with E-state index >= 15 is 0 Å². The molecular weight excluding hydrogens is 683 g/mol. The minimum absolute atomic E-state index is 0.0851. The van der Waals surface area contributed by atoms with E-state index in [0.29, 0.717) is 12.8 Å². The van der Waals surface area contributed by atoms with Gasteiger partial charge in [0, 0.05) is 12.8 Å². The van der Waals surface area contributed by atoms with Crippen LogP contribution in [0.15, 0.2) is 24.3 Å². The van der Waals surface area contributed by atoms with Crippen LogP contribution in [0.2, 0.25) is 0 Å². The Bertz CT molecular complexity index is 1010. The van der Waals surface area contributed by atoms with Gasteiger partial charge in [0.05, 0.1) is 6.61 Å².